The number of halogens is 3. The van der Waals surface area contributed by atoms with Gasteiger partial charge in [-0.25, -0.2) is 9.38 Å². The molecule has 2 unspecified atom stereocenters. The monoisotopic (exact) mass is 460 g/mol. The number of nitrogens with zero attached hydrogens (tertiary/aromatic N) is 5. The number of anilines is 1. The molecule has 1 aromatic heterocycles. The third kappa shape index (κ3) is 5.74. The Morgan fingerprint density at radius 2 is 1.97 bits per heavy atom. The average molecular weight is 460 g/mol. The number of ether oxygens (including phenoxy) is 2. The van der Waals surface area contributed by atoms with E-state index < -0.39 is 12.4 Å². The van der Waals surface area contributed by atoms with Crippen LogP contribution in [0.25, 0.3) is 11.1 Å². The van der Waals surface area contributed by atoms with Gasteiger partial charge in [0.05, 0.1) is 32.3 Å². The Morgan fingerprint density at radius 3 is 2.64 bits per heavy atom. The maximum absolute atomic E-state index is 14.7. The number of hydrogen-bond acceptors (Lipinski definition) is 7. The van der Waals surface area contributed by atoms with Crippen molar-refractivity contribution in [3.63, 3.8) is 0 Å². The van der Waals surface area contributed by atoms with Gasteiger partial charge in [0.2, 0.25) is 0 Å². The first kappa shape index (κ1) is 22.9. The minimum absolute atomic E-state index is 0.0413. The summed E-state index contributed by atoms with van der Waals surface area (Å²) in [6.45, 7) is 2.00. The summed E-state index contributed by atoms with van der Waals surface area (Å²) in [6.07, 6.45) is 4.54. The number of amidine groups is 1. The highest BCUT2D eigenvalue weighted by atomic mass is 19.3. The molecule has 2 atom stereocenters. The van der Waals surface area contributed by atoms with Gasteiger partial charge < -0.3 is 14.8 Å². The second-order valence-corrected chi connectivity index (χ2v) is 7.60. The Kier molecular flexibility index (Phi) is 7.30. The number of alkyl halides is 2. The van der Waals surface area contributed by atoms with Gasteiger partial charge in [-0.05, 0) is 43.3 Å². The highest BCUT2D eigenvalue weighted by molar-refractivity contribution is 6.06. The highest BCUT2D eigenvalue weighted by Crippen LogP contribution is 2.28. The largest absolute Gasteiger partial charge is 0.435 e. The van der Waals surface area contributed by atoms with E-state index in [1.54, 1.807) is 18.2 Å². The molecular formula is C22H23F3N6O2. The first-order chi connectivity index (χ1) is 16.0. The molecule has 1 N–H and O–H groups in total. The molecule has 0 radical (unpaired) electrons. The summed E-state index contributed by atoms with van der Waals surface area (Å²) in [4.78, 5) is 10.1. The molecule has 11 heteroatoms. The van der Waals surface area contributed by atoms with Crippen molar-refractivity contribution >= 4 is 18.4 Å². The van der Waals surface area contributed by atoms with Gasteiger partial charge in [0, 0.05) is 17.6 Å². The van der Waals surface area contributed by atoms with Crippen LogP contribution < -0.4 is 10.1 Å². The van der Waals surface area contributed by atoms with Crippen molar-refractivity contribution in [3.8, 4) is 16.9 Å². The van der Waals surface area contributed by atoms with Gasteiger partial charge in [-0.2, -0.15) is 13.9 Å². The van der Waals surface area contributed by atoms with Gasteiger partial charge in [-0.15, -0.1) is 5.10 Å². The minimum atomic E-state index is -2.90. The molecule has 2 aromatic rings. The van der Waals surface area contributed by atoms with Gasteiger partial charge in [-0.3, -0.25) is 9.89 Å². The van der Waals surface area contributed by atoms with Gasteiger partial charge in [0.25, 0.3) is 0 Å². The fourth-order valence-corrected chi connectivity index (χ4v) is 3.95. The SMILES string of the molecule is C=N/C=C(F)\C(=N/CN1C2CCC1COC2)Nc1cc(-c2ccc(OC(F)F)cc2)cnn1. The van der Waals surface area contributed by atoms with Gasteiger partial charge >= 0.3 is 6.61 Å². The standard InChI is InChI=1S/C22H23F3N6O2/c1-26-10-19(23)21(27-13-31-16-4-5-17(31)12-32-11-16)29-20-8-15(9-28-30-20)14-2-6-18(7-3-14)33-22(24)25/h2-3,6-10,16-17,22H,1,4-5,11-13H2,(H,27,29,30)/b19-10+. The van der Waals surface area contributed by atoms with Crippen LogP contribution in [-0.2, 0) is 4.74 Å². The number of rotatable bonds is 8. The maximum Gasteiger partial charge on any atom is 0.387 e. The molecule has 0 aliphatic carbocycles. The highest BCUT2D eigenvalue weighted by Gasteiger charge is 2.37. The van der Waals surface area contributed by atoms with E-state index >= 15 is 0 Å². The summed E-state index contributed by atoms with van der Waals surface area (Å²) in [5.41, 5.74) is 1.34. The number of morpholine rings is 1. The number of hydrogen-bond donors (Lipinski definition) is 1. The summed E-state index contributed by atoms with van der Waals surface area (Å²) >= 11 is 0. The lowest BCUT2D eigenvalue weighted by Crippen LogP contribution is -2.46. The van der Waals surface area contributed by atoms with Crippen LogP contribution in [0.3, 0.4) is 0 Å². The Bertz CT molecular complexity index is 1020. The summed E-state index contributed by atoms with van der Waals surface area (Å²) in [7, 11) is 0. The summed E-state index contributed by atoms with van der Waals surface area (Å²) in [5, 5.41) is 10.8. The fraction of sp³-hybridized carbons (Fsp3) is 0.364. The Balaban J connectivity index is 1.51. The van der Waals surface area contributed by atoms with E-state index in [2.05, 4.69) is 41.9 Å². The van der Waals surface area contributed by atoms with Gasteiger partial charge in [0.15, 0.2) is 17.5 Å². The number of aromatic nitrogens is 2. The Morgan fingerprint density at radius 1 is 1.24 bits per heavy atom. The van der Waals surface area contributed by atoms with E-state index in [0.717, 1.165) is 19.0 Å². The molecule has 8 nitrogen and oxygen atoms in total. The molecule has 4 rings (SSSR count). The number of fused-ring (bicyclic) bond motifs is 2. The van der Waals surface area contributed by atoms with Crippen molar-refractivity contribution in [1.29, 1.82) is 0 Å². The van der Waals surface area contributed by atoms with Crippen molar-refractivity contribution < 1.29 is 22.6 Å². The van der Waals surface area contributed by atoms with E-state index in [-0.39, 0.29) is 29.5 Å². The predicted octanol–water partition coefficient (Wildman–Crippen LogP) is 3.89. The molecule has 0 amide bonds. The van der Waals surface area contributed by atoms with Crippen LogP contribution in [0, 0.1) is 0 Å². The van der Waals surface area contributed by atoms with Crippen molar-refractivity contribution in [1.82, 2.24) is 15.1 Å². The van der Waals surface area contributed by atoms with Crippen LogP contribution in [0.2, 0.25) is 0 Å². The Labute approximate surface area is 188 Å². The molecule has 2 aliphatic heterocycles. The second kappa shape index (κ2) is 10.5. The molecule has 0 saturated carbocycles. The van der Waals surface area contributed by atoms with E-state index in [1.165, 1.54) is 18.3 Å². The van der Waals surface area contributed by atoms with Gasteiger partial charge in [0.1, 0.15) is 5.75 Å². The zero-order valence-corrected chi connectivity index (χ0v) is 17.7. The second-order valence-electron chi connectivity index (χ2n) is 7.60. The first-order valence-electron chi connectivity index (χ1n) is 10.4. The van der Waals surface area contributed by atoms with Crippen molar-refractivity contribution in [2.24, 2.45) is 9.98 Å². The van der Waals surface area contributed by atoms with Crippen LogP contribution in [0.5, 0.6) is 5.75 Å². The van der Waals surface area contributed by atoms with E-state index in [1.807, 2.05) is 0 Å². The third-order valence-electron chi connectivity index (χ3n) is 5.53. The Hall–Kier alpha value is -3.31. The van der Waals surface area contributed by atoms with E-state index in [9.17, 15) is 13.2 Å². The van der Waals surface area contributed by atoms with Crippen LogP contribution >= 0.6 is 0 Å². The third-order valence-corrected chi connectivity index (χ3v) is 5.53. The zero-order chi connectivity index (χ0) is 23.2. The molecule has 0 spiro atoms. The van der Waals surface area contributed by atoms with E-state index in [4.69, 9.17) is 4.74 Å². The number of nitrogens with one attached hydrogen (secondary N) is 1. The lowest BCUT2D eigenvalue weighted by atomic mass is 10.1. The lowest BCUT2D eigenvalue weighted by molar-refractivity contribution is -0.0498. The summed E-state index contributed by atoms with van der Waals surface area (Å²) in [5.74, 6) is -0.423. The first-order valence-corrected chi connectivity index (χ1v) is 10.4. The normalized spacial score (nSPS) is 21.3. The molecule has 2 saturated heterocycles. The molecule has 3 heterocycles. The molecule has 2 fully saturated rings. The van der Waals surface area contributed by atoms with Crippen LogP contribution in [-0.4, -0.2) is 66.2 Å². The van der Waals surface area contributed by atoms with Crippen LogP contribution in [0.1, 0.15) is 12.8 Å². The van der Waals surface area contributed by atoms with Crippen molar-refractivity contribution in [2.75, 3.05) is 25.2 Å². The topological polar surface area (TPSA) is 84.2 Å². The van der Waals surface area contributed by atoms with Crippen LogP contribution in [0.4, 0.5) is 19.0 Å². The number of benzene rings is 1. The van der Waals surface area contributed by atoms with Crippen molar-refractivity contribution in [2.45, 2.75) is 31.5 Å². The molecule has 1 aromatic carbocycles. The van der Waals surface area contributed by atoms with Crippen LogP contribution in [0.15, 0.2) is 58.5 Å². The molecule has 33 heavy (non-hydrogen) atoms. The quantitative estimate of drug-likeness (QED) is 0.475. The maximum atomic E-state index is 14.7. The molecule has 174 valence electrons. The summed E-state index contributed by atoms with van der Waals surface area (Å²) < 4.78 is 49.3. The zero-order valence-electron chi connectivity index (χ0n) is 17.7. The summed E-state index contributed by atoms with van der Waals surface area (Å²) in [6, 6.07) is 8.29. The van der Waals surface area contributed by atoms with E-state index in [0.29, 0.717) is 31.0 Å². The number of aliphatic imine (C=N–C) groups is 2. The van der Waals surface area contributed by atoms with Gasteiger partial charge in [-0.1, -0.05) is 12.1 Å². The molecular weight excluding hydrogens is 437 g/mol. The minimum Gasteiger partial charge on any atom is -0.435 e. The lowest BCUT2D eigenvalue weighted by Gasteiger charge is -2.33. The average Bonchev–Trinajstić information content (AvgIpc) is 3.02. The van der Waals surface area contributed by atoms with Crippen molar-refractivity contribution in [3.05, 3.63) is 48.6 Å². The molecule has 2 aliphatic rings. The smallest absolute Gasteiger partial charge is 0.387 e. The molecule has 2 bridgehead atoms. The fourth-order valence-electron chi connectivity index (χ4n) is 3.95. The predicted molar refractivity (Wildman–Crippen MR) is 118 cm³/mol.